The van der Waals surface area contributed by atoms with E-state index >= 15 is 0 Å². The van der Waals surface area contributed by atoms with Gasteiger partial charge in [-0.3, -0.25) is 4.21 Å². The van der Waals surface area contributed by atoms with Gasteiger partial charge < -0.3 is 5.32 Å². The Morgan fingerprint density at radius 2 is 1.85 bits per heavy atom. The second-order valence-corrected chi connectivity index (χ2v) is 6.58. The summed E-state index contributed by atoms with van der Waals surface area (Å²) in [6, 6.07) is 14.4. The van der Waals surface area contributed by atoms with Crippen molar-refractivity contribution in [1.29, 1.82) is 0 Å². The maximum atomic E-state index is 13.8. The van der Waals surface area contributed by atoms with Gasteiger partial charge in [0.05, 0.1) is 20.9 Å². The standard InChI is InChI=1S/C16H16FNOS/c1-18-16-12-7-3-2-6-11(12)10-15(16)20(19)14-9-5-4-8-13(14)17/h2-9,15-16,18H,10H2,1H3. The largest absolute Gasteiger partial charge is 0.312 e. The van der Waals surface area contributed by atoms with E-state index in [9.17, 15) is 8.60 Å². The van der Waals surface area contributed by atoms with Gasteiger partial charge in [-0.1, -0.05) is 36.4 Å². The normalized spacial score (nSPS) is 22.5. The highest BCUT2D eigenvalue weighted by molar-refractivity contribution is 7.85. The van der Waals surface area contributed by atoms with Crippen molar-refractivity contribution in [3.05, 3.63) is 65.5 Å². The van der Waals surface area contributed by atoms with Crippen LogP contribution < -0.4 is 5.32 Å². The molecule has 104 valence electrons. The van der Waals surface area contributed by atoms with Crippen LogP contribution in [-0.2, 0) is 17.2 Å². The van der Waals surface area contributed by atoms with Gasteiger partial charge in [0.15, 0.2) is 0 Å². The summed E-state index contributed by atoms with van der Waals surface area (Å²) in [4.78, 5) is 0.297. The molecule has 0 radical (unpaired) electrons. The van der Waals surface area contributed by atoms with Crippen molar-refractivity contribution in [3.8, 4) is 0 Å². The quantitative estimate of drug-likeness (QED) is 0.941. The van der Waals surface area contributed by atoms with Crippen molar-refractivity contribution >= 4 is 10.8 Å². The molecule has 2 aromatic rings. The molecule has 0 saturated heterocycles. The molecular weight excluding hydrogens is 273 g/mol. The fourth-order valence-corrected chi connectivity index (χ4v) is 4.53. The van der Waals surface area contributed by atoms with Crippen molar-refractivity contribution in [2.24, 2.45) is 0 Å². The average molecular weight is 289 g/mol. The van der Waals surface area contributed by atoms with Crippen molar-refractivity contribution < 1.29 is 8.60 Å². The van der Waals surface area contributed by atoms with Gasteiger partial charge >= 0.3 is 0 Å². The molecule has 3 rings (SSSR count). The molecule has 0 saturated carbocycles. The summed E-state index contributed by atoms with van der Waals surface area (Å²) in [5.74, 6) is -0.392. The minimum Gasteiger partial charge on any atom is -0.312 e. The molecule has 0 bridgehead atoms. The fourth-order valence-electron chi connectivity index (χ4n) is 2.87. The van der Waals surface area contributed by atoms with Gasteiger partial charge in [-0.2, -0.15) is 0 Å². The molecule has 0 spiro atoms. The number of fused-ring (bicyclic) bond motifs is 1. The lowest BCUT2D eigenvalue weighted by atomic mass is 10.1. The van der Waals surface area contributed by atoms with Gasteiger partial charge in [0.2, 0.25) is 0 Å². The van der Waals surface area contributed by atoms with Crippen LogP contribution in [0.5, 0.6) is 0 Å². The van der Waals surface area contributed by atoms with Gasteiger partial charge in [-0.15, -0.1) is 0 Å². The molecule has 0 aromatic heterocycles. The summed E-state index contributed by atoms with van der Waals surface area (Å²) in [6.45, 7) is 0. The highest BCUT2D eigenvalue weighted by Crippen LogP contribution is 2.36. The Labute approximate surface area is 120 Å². The summed E-state index contributed by atoms with van der Waals surface area (Å²) in [5.41, 5.74) is 2.37. The average Bonchev–Trinajstić information content (AvgIpc) is 2.85. The van der Waals surface area contributed by atoms with Crippen molar-refractivity contribution in [2.45, 2.75) is 22.6 Å². The maximum Gasteiger partial charge on any atom is 0.139 e. The van der Waals surface area contributed by atoms with Gasteiger partial charge in [-0.25, -0.2) is 4.39 Å². The Hall–Kier alpha value is -1.52. The van der Waals surface area contributed by atoms with E-state index in [-0.39, 0.29) is 11.3 Å². The van der Waals surface area contributed by atoms with Crippen LogP contribution >= 0.6 is 0 Å². The molecule has 3 atom stereocenters. The number of rotatable bonds is 3. The summed E-state index contributed by atoms with van der Waals surface area (Å²) in [5, 5.41) is 3.09. The fraction of sp³-hybridized carbons (Fsp3) is 0.250. The van der Waals surface area contributed by atoms with E-state index < -0.39 is 16.6 Å². The third-order valence-electron chi connectivity index (χ3n) is 3.82. The molecule has 0 aliphatic heterocycles. The van der Waals surface area contributed by atoms with Crippen LogP contribution in [0.2, 0.25) is 0 Å². The van der Waals surface area contributed by atoms with Gasteiger partial charge in [0, 0.05) is 6.04 Å². The van der Waals surface area contributed by atoms with E-state index in [2.05, 4.69) is 17.4 Å². The van der Waals surface area contributed by atoms with E-state index in [1.54, 1.807) is 18.2 Å². The molecule has 4 heteroatoms. The first-order chi connectivity index (χ1) is 9.72. The molecule has 2 aromatic carbocycles. The second-order valence-electron chi connectivity index (χ2n) is 4.94. The smallest absolute Gasteiger partial charge is 0.139 e. The molecular formula is C16H16FNOS. The highest BCUT2D eigenvalue weighted by atomic mass is 32.2. The van der Waals surface area contributed by atoms with Crippen molar-refractivity contribution in [1.82, 2.24) is 5.32 Å². The first kappa shape index (κ1) is 13.5. The number of hydrogen-bond donors (Lipinski definition) is 1. The van der Waals surface area contributed by atoms with Gasteiger partial charge in [-0.05, 0) is 36.7 Å². The molecule has 1 N–H and O–H groups in total. The molecule has 0 fully saturated rings. The van der Waals surface area contributed by atoms with Crippen LogP contribution in [0.4, 0.5) is 4.39 Å². The predicted molar refractivity (Wildman–Crippen MR) is 78.5 cm³/mol. The van der Waals surface area contributed by atoms with E-state index in [1.807, 2.05) is 19.2 Å². The summed E-state index contributed by atoms with van der Waals surface area (Å²) >= 11 is 0. The predicted octanol–water partition coefficient (Wildman–Crippen LogP) is 2.82. The van der Waals surface area contributed by atoms with E-state index in [1.165, 1.54) is 17.2 Å². The third kappa shape index (κ3) is 2.19. The summed E-state index contributed by atoms with van der Waals surface area (Å²) < 4.78 is 26.6. The topological polar surface area (TPSA) is 29.1 Å². The van der Waals surface area contributed by atoms with Crippen LogP contribution in [0.3, 0.4) is 0 Å². The first-order valence-electron chi connectivity index (χ1n) is 6.62. The molecule has 2 nitrogen and oxygen atoms in total. The van der Waals surface area contributed by atoms with Crippen LogP contribution in [0, 0.1) is 5.82 Å². The Kier molecular flexibility index (Phi) is 3.68. The zero-order valence-corrected chi connectivity index (χ0v) is 12.0. The Morgan fingerprint density at radius 3 is 2.60 bits per heavy atom. The van der Waals surface area contributed by atoms with E-state index in [0.29, 0.717) is 11.3 Å². The minimum absolute atomic E-state index is 0.00615. The second kappa shape index (κ2) is 5.46. The summed E-state index contributed by atoms with van der Waals surface area (Å²) in [6.07, 6.45) is 0.711. The number of nitrogens with one attached hydrogen (secondary N) is 1. The lowest BCUT2D eigenvalue weighted by molar-refractivity contribution is 0.568. The van der Waals surface area contributed by atoms with E-state index in [4.69, 9.17) is 0 Å². The van der Waals surface area contributed by atoms with Crippen molar-refractivity contribution in [3.63, 3.8) is 0 Å². The van der Waals surface area contributed by atoms with E-state index in [0.717, 1.165) is 0 Å². The van der Waals surface area contributed by atoms with Crippen LogP contribution in [0.15, 0.2) is 53.4 Å². The molecule has 20 heavy (non-hydrogen) atoms. The SMILES string of the molecule is CNC1c2ccccc2CC1S(=O)c1ccccc1F. The zero-order valence-electron chi connectivity index (χ0n) is 11.2. The van der Waals surface area contributed by atoms with Crippen molar-refractivity contribution in [2.75, 3.05) is 7.05 Å². The Balaban J connectivity index is 1.96. The first-order valence-corrected chi connectivity index (χ1v) is 7.84. The Bertz CT molecular complexity index is 658. The molecule has 1 aliphatic rings. The molecule has 3 unspecified atom stereocenters. The lowest BCUT2D eigenvalue weighted by Crippen LogP contribution is -2.29. The van der Waals surface area contributed by atoms with Gasteiger partial charge in [0.25, 0.3) is 0 Å². The monoisotopic (exact) mass is 289 g/mol. The molecule has 0 heterocycles. The van der Waals surface area contributed by atoms with Crippen LogP contribution in [0.1, 0.15) is 17.2 Å². The lowest BCUT2D eigenvalue weighted by Gasteiger charge is -2.19. The Morgan fingerprint density at radius 1 is 1.15 bits per heavy atom. The molecule has 0 amide bonds. The number of halogens is 1. The third-order valence-corrected chi connectivity index (χ3v) is 5.58. The van der Waals surface area contributed by atoms with Crippen LogP contribution in [0.25, 0.3) is 0 Å². The maximum absolute atomic E-state index is 13.8. The minimum atomic E-state index is -1.36. The highest BCUT2D eigenvalue weighted by Gasteiger charge is 2.36. The number of benzene rings is 2. The van der Waals surface area contributed by atoms with Crippen LogP contribution in [-0.4, -0.2) is 16.5 Å². The summed E-state index contributed by atoms with van der Waals surface area (Å²) in [7, 11) is 0.495. The zero-order chi connectivity index (χ0) is 14.1. The molecule has 1 aliphatic carbocycles. The number of hydrogen-bond acceptors (Lipinski definition) is 2. The van der Waals surface area contributed by atoms with Gasteiger partial charge in [0.1, 0.15) is 5.82 Å².